The topological polar surface area (TPSA) is 64.6 Å². The first-order chi connectivity index (χ1) is 11.7. The van der Waals surface area contributed by atoms with Crippen LogP contribution >= 0.6 is 0 Å². The molecule has 24 heavy (non-hydrogen) atoms. The molecular formula is C19H29NO4. The highest BCUT2D eigenvalue weighted by Crippen LogP contribution is 2.23. The van der Waals surface area contributed by atoms with Gasteiger partial charge in [0.15, 0.2) is 0 Å². The zero-order chi connectivity index (χ0) is 17.6. The molecule has 0 bridgehead atoms. The van der Waals surface area contributed by atoms with Gasteiger partial charge in [-0.3, -0.25) is 9.59 Å². The Hall–Kier alpha value is -2.04. The molecule has 0 aliphatic heterocycles. The van der Waals surface area contributed by atoms with Crippen LogP contribution in [0.25, 0.3) is 0 Å². The summed E-state index contributed by atoms with van der Waals surface area (Å²) in [6.45, 7) is 2.65. The van der Waals surface area contributed by atoms with Gasteiger partial charge in [-0.05, 0) is 25.0 Å². The Bertz CT molecular complexity index is 502. The molecule has 0 aliphatic rings. The standard InChI is InChI=1S/C19H29NO4/c1-3-4-5-6-9-15-24-19(22)14-10-13-18(21)20-16-11-7-8-12-17(16)23-2/h7-8,11-12H,3-6,9-10,13-15H2,1-2H3,(H,20,21). The second-order valence-electron chi connectivity index (χ2n) is 5.74. The third-order valence-electron chi connectivity index (χ3n) is 3.68. The number of anilines is 1. The average Bonchev–Trinajstić information content (AvgIpc) is 2.58. The molecule has 0 spiro atoms. The molecule has 0 atom stereocenters. The molecule has 5 heteroatoms. The van der Waals surface area contributed by atoms with E-state index in [4.69, 9.17) is 9.47 Å². The van der Waals surface area contributed by atoms with Crippen molar-refractivity contribution < 1.29 is 19.1 Å². The lowest BCUT2D eigenvalue weighted by Gasteiger charge is -2.09. The van der Waals surface area contributed by atoms with E-state index < -0.39 is 0 Å². The highest BCUT2D eigenvalue weighted by Gasteiger charge is 2.09. The first-order valence-corrected chi connectivity index (χ1v) is 8.75. The van der Waals surface area contributed by atoms with Gasteiger partial charge in [0.25, 0.3) is 0 Å². The van der Waals surface area contributed by atoms with Crippen LogP contribution in [0.15, 0.2) is 24.3 Å². The third-order valence-corrected chi connectivity index (χ3v) is 3.68. The molecule has 0 saturated carbocycles. The predicted octanol–water partition coefficient (Wildman–Crippen LogP) is 4.32. The van der Waals surface area contributed by atoms with E-state index in [-0.39, 0.29) is 24.7 Å². The van der Waals surface area contributed by atoms with Gasteiger partial charge >= 0.3 is 5.97 Å². The number of ether oxygens (including phenoxy) is 2. The van der Waals surface area contributed by atoms with Crippen molar-refractivity contribution in [2.75, 3.05) is 19.0 Å². The number of benzene rings is 1. The Morgan fingerprint density at radius 3 is 2.50 bits per heavy atom. The van der Waals surface area contributed by atoms with Crippen LogP contribution in [0.5, 0.6) is 5.75 Å². The number of amides is 1. The summed E-state index contributed by atoms with van der Waals surface area (Å²) in [5.74, 6) is 0.260. The van der Waals surface area contributed by atoms with E-state index in [1.54, 1.807) is 19.2 Å². The Morgan fingerprint density at radius 1 is 1.00 bits per heavy atom. The van der Waals surface area contributed by atoms with Gasteiger partial charge in [-0.25, -0.2) is 0 Å². The lowest BCUT2D eigenvalue weighted by Crippen LogP contribution is -2.13. The number of methoxy groups -OCH3 is 1. The zero-order valence-electron chi connectivity index (χ0n) is 14.8. The van der Waals surface area contributed by atoms with Gasteiger partial charge in [0, 0.05) is 12.8 Å². The second-order valence-corrected chi connectivity index (χ2v) is 5.74. The predicted molar refractivity (Wildman–Crippen MR) is 95.2 cm³/mol. The maximum atomic E-state index is 11.9. The van der Waals surface area contributed by atoms with Crippen molar-refractivity contribution in [1.29, 1.82) is 0 Å². The number of para-hydroxylation sites is 2. The number of rotatable bonds is 12. The van der Waals surface area contributed by atoms with Gasteiger partial charge in [0.1, 0.15) is 5.75 Å². The molecular weight excluding hydrogens is 306 g/mol. The van der Waals surface area contributed by atoms with E-state index in [0.29, 0.717) is 24.5 Å². The third kappa shape index (κ3) is 8.56. The van der Waals surface area contributed by atoms with Crippen LogP contribution in [0.3, 0.4) is 0 Å². The summed E-state index contributed by atoms with van der Waals surface area (Å²) in [5.41, 5.74) is 0.639. The molecule has 1 rings (SSSR count). The molecule has 1 amide bonds. The average molecular weight is 335 g/mol. The molecule has 0 aliphatic carbocycles. The molecule has 134 valence electrons. The largest absolute Gasteiger partial charge is 0.495 e. The summed E-state index contributed by atoms with van der Waals surface area (Å²) >= 11 is 0. The van der Waals surface area contributed by atoms with Crippen molar-refractivity contribution in [1.82, 2.24) is 0 Å². The van der Waals surface area contributed by atoms with Crippen LogP contribution in [-0.4, -0.2) is 25.6 Å². The van der Waals surface area contributed by atoms with Crippen molar-refractivity contribution in [2.45, 2.75) is 58.3 Å². The molecule has 5 nitrogen and oxygen atoms in total. The summed E-state index contributed by atoms with van der Waals surface area (Å²) in [7, 11) is 1.56. The summed E-state index contributed by atoms with van der Waals surface area (Å²) < 4.78 is 10.3. The smallest absolute Gasteiger partial charge is 0.305 e. The molecule has 1 aromatic rings. The zero-order valence-corrected chi connectivity index (χ0v) is 14.8. The van der Waals surface area contributed by atoms with E-state index in [2.05, 4.69) is 12.2 Å². The van der Waals surface area contributed by atoms with Crippen LogP contribution in [0, 0.1) is 0 Å². The number of unbranched alkanes of at least 4 members (excludes halogenated alkanes) is 4. The van der Waals surface area contributed by atoms with Crippen LogP contribution < -0.4 is 10.1 Å². The second kappa shape index (κ2) is 12.4. The summed E-state index contributed by atoms with van der Waals surface area (Å²) in [6.07, 6.45) is 6.68. The fraction of sp³-hybridized carbons (Fsp3) is 0.579. The van der Waals surface area contributed by atoms with Crippen LogP contribution in [0.2, 0.25) is 0 Å². The van der Waals surface area contributed by atoms with Gasteiger partial charge in [0.2, 0.25) is 5.91 Å². The van der Waals surface area contributed by atoms with Crippen molar-refractivity contribution in [3.8, 4) is 5.75 Å². The lowest BCUT2D eigenvalue weighted by molar-refractivity contribution is -0.143. The van der Waals surface area contributed by atoms with E-state index in [1.165, 1.54) is 19.3 Å². The fourth-order valence-electron chi connectivity index (χ4n) is 2.32. The van der Waals surface area contributed by atoms with E-state index >= 15 is 0 Å². The molecule has 1 N–H and O–H groups in total. The molecule has 0 fully saturated rings. The number of nitrogens with one attached hydrogen (secondary N) is 1. The Kier molecular flexibility index (Phi) is 10.3. The summed E-state index contributed by atoms with van der Waals surface area (Å²) in [4.78, 5) is 23.5. The molecule has 0 unspecified atom stereocenters. The van der Waals surface area contributed by atoms with Gasteiger partial charge in [0.05, 0.1) is 19.4 Å². The molecule has 0 radical (unpaired) electrons. The Balaban J connectivity index is 2.13. The van der Waals surface area contributed by atoms with Crippen molar-refractivity contribution in [3.05, 3.63) is 24.3 Å². The summed E-state index contributed by atoms with van der Waals surface area (Å²) in [6, 6.07) is 7.24. The number of esters is 1. The number of carbonyl (C=O) groups is 2. The fourth-order valence-corrected chi connectivity index (χ4v) is 2.32. The normalized spacial score (nSPS) is 10.2. The minimum absolute atomic E-state index is 0.133. The highest BCUT2D eigenvalue weighted by atomic mass is 16.5. The van der Waals surface area contributed by atoms with E-state index in [1.807, 2.05) is 12.1 Å². The van der Waals surface area contributed by atoms with Crippen LogP contribution in [0.4, 0.5) is 5.69 Å². The van der Waals surface area contributed by atoms with Gasteiger partial charge in [-0.2, -0.15) is 0 Å². The van der Waals surface area contributed by atoms with Gasteiger partial charge in [-0.15, -0.1) is 0 Å². The Morgan fingerprint density at radius 2 is 1.75 bits per heavy atom. The first-order valence-electron chi connectivity index (χ1n) is 8.75. The number of hydrogen-bond donors (Lipinski definition) is 1. The monoisotopic (exact) mass is 335 g/mol. The minimum atomic E-state index is -0.226. The van der Waals surface area contributed by atoms with Gasteiger partial charge in [-0.1, -0.05) is 44.7 Å². The van der Waals surface area contributed by atoms with Crippen molar-refractivity contribution >= 4 is 17.6 Å². The molecule has 0 heterocycles. The maximum absolute atomic E-state index is 11.9. The lowest BCUT2D eigenvalue weighted by atomic mass is 10.2. The number of carbonyl (C=O) groups excluding carboxylic acids is 2. The van der Waals surface area contributed by atoms with Crippen molar-refractivity contribution in [2.24, 2.45) is 0 Å². The minimum Gasteiger partial charge on any atom is -0.495 e. The van der Waals surface area contributed by atoms with E-state index in [9.17, 15) is 9.59 Å². The first kappa shape index (κ1) is 20.0. The van der Waals surface area contributed by atoms with Gasteiger partial charge < -0.3 is 14.8 Å². The van der Waals surface area contributed by atoms with Crippen LogP contribution in [-0.2, 0) is 14.3 Å². The summed E-state index contributed by atoms with van der Waals surface area (Å²) in [5, 5.41) is 2.79. The number of hydrogen-bond acceptors (Lipinski definition) is 4. The SMILES string of the molecule is CCCCCCCOC(=O)CCCC(=O)Nc1ccccc1OC. The maximum Gasteiger partial charge on any atom is 0.305 e. The van der Waals surface area contributed by atoms with Crippen LogP contribution in [0.1, 0.15) is 58.3 Å². The Labute approximate surface area is 144 Å². The molecule has 0 saturated heterocycles. The molecule has 1 aromatic carbocycles. The quantitative estimate of drug-likeness (QED) is 0.456. The highest BCUT2D eigenvalue weighted by molar-refractivity contribution is 5.92. The molecule has 0 aromatic heterocycles. The van der Waals surface area contributed by atoms with E-state index in [0.717, 1.165) is 12.8 Å². The van der Waals surface area contributed by atoms with Crippen molar-refractivity contribution in [3.63, 3.8) is 0 Å².